The number of nitrogens with zero attached hydrogens (tertiary/aromatic N) is 1. The lowest BCUT2D eigenvalue weighted by Crippen LogP contribution is -2.08. The standard InChI is InChI=1S/C14H15NO2/c1-10-6-7-12(9-11(10)2)15-8-4-5-13(15)14(16)17-3/h4-9H,1-3H3. The van der Waals surface area contributed by atoms with Gasteiger partial charge in [0.25, 0.3) is 0 Å². The summed E-state index contributed by atoms with van der Waals surface area (Å²) >= 11 is 0. The number of benzene rings is 1. The molecule has 0 spiro atoms. The van der Waals surface area contributed by atoms with E-state index in [9.17, 15) is 4.79 Å². The molecule has 0 amide bonds. The highest BCUT2D eigenvalue weighted by Crippen LogP contribution is 2.17. The van der Waals surface area contributed by atoms with Crippen molar-refractivity contribution in [2.75, 3.05) is 7.11 Å². The minimum atomic E-state index is -0.326. The van der Waals surface area contributed by atoms with Crippen LogP contribution in [-0.2, 0) is 4.74 Å². The number of aromatic nitrogens is 1. The summed E-state index contributed by atoms with van der Waals surface area (Å²) in [5.74, 6) is -0.326. The topological polar surface area (TPSA) is 31.2 Å². The summed E-state index contributed by atoms with van der Waals surface area (Å²) in [5.41, 5.74) is 3.95. The zero-order valence-corrected chi connectivity index (χ0v) is 10.2. The Bertz CT molecular complexity index is 555. The van der Waals surface area contributed by atoms with Gasteiger partial charge in [-0.05, 0) is 49.2 Å². The van der Waals surface area contributed by atoms with Crippen molar-refractivity contribution >= 4 is 5.97 Å². The molecule has 1 aromatic carbocycles. The lowest BCUT2D eigenvalue weighted by atomic mass is 10.1. The second-order valence-electron chi connectivity index (χ2n) is 4.02. The molecular formula is C14H15NO2. The maximum atomic E-state index is 11.6. The Morgan fingerprint density at radius 3 is 2.59 bits per heavy atom. The summed E-state index contributed by atoms with van der Waals surface area (Å²) in [6.45, 7) is 4.12. The van der Waals surface area contributed by atoms with Crippen molar-refractivity contribution in [3.05, 3.63) is 53.3 Å². The van der Waals surface area contributed by atoms with Crippen LogP contribution in [0.25, 0.3) is 5.69 Å². The van der Waals surface area contributed by atoms with E-state index in [1.54, 1.807) is 6.07 Å². The van der Waals surface area contributed by atoms with Gasteiger partial charge in [-0.2, -0.15) is 0 Å². The molecule has 0 aliphatic heterocycles. The van der Waals surface area contributed by atoms with Crippen molar-refractivity contribution in [2.24, 2.45) is 0 Å². The van der Waals surface area contributed by atoms with Crippen molar-refractivity contribution in [1.29, 1.82) is 0 Å². The lowest BCUT2D eigenvalue weighted by Gasteiger charge is -2.09. The molecule has 88 valence electrons. The van der Waals surface area contributed by atoms with E-state index in [1.165, 1.54) is 18.2 Å². The van der Waals surface area contributed by atoms with Gasteiger partial charge in [0.05, 0.1) is 7.11 Å². The molecule has 2 rings (SSSR count). The van der Waals surface area contributed by atoms with Gasteiger partial charge in [-0.15, -0.1) is 0 Å². The Hall–Kier alpha value is -2.03. The molecule has 0 N–H and O–H groups in total. The van der Waals surface area contributed by atoms with E-state index in [0.29, 0.717) is 5.69 Å². The Kier molecular flexibility index (Phi) is 3.00. The molecule has 17 heavy (non-hydrogen) atoms. The molecule has 3 heteroatoms. The summed E-state index contributed by atoms with van der Waals surface area (Å²) in [5, 5.41) is 0. The summed E-state index contributed by atoms with van der Waals surface area (Å²) in [4.78, 5) is 11.6. The van der Waals surface area contributed by atoms with Crippen molar-refractivity contribution in [3.8, 4) is 5.69 Å². The lowest BCUT2D eigenvalue weighted by molar-refractivity contribution is 0.0591. The number of esters is 1. The third kappa shape index (κ3) is 2.09. The van der Waals surface area contributed by atoms with Gasteiger partial charge in [0.2, 0.25) is 0 Å². The molecule has 0 aliphatic rings. The molecular weight excluding hydrogens is 214 g/mol. The molecule has 2 aromatic rings. The number of aryl methyl sites for hydroxylation is 2. The van der Waals surface area contributed by atoms with E-state index in [4.69, 9.17) is 4.74 Å². The number of carbonyl (C=O) groups excluding carboxylic acids is 1. The highest BCUT2D eigenvalue weighted by atomic mass is 16.5. The molecule has 0 bridgehead atoms. The monoisotopic (exact) mass is 229 g/mol. The van der Waals surface area contributed by atoms with Crippen LogP contribution < -0.4 is 0 Å². The fourth-order valence-electron chi connectivity index (χ4n) is 1.75. The van der Waals surface area contributed by atoms with Crippen LogP contribution in [0.4, 0.5) is 0 Å². The van der Waals surface area contributed by atoms with E-state index in [2.05, 4.69) is 19.9 Å². The number of hydrogen-bond acceptors (Lipinski definition) is 2. The van der Waals surface area contributed by atoms with Crippen molar-refractivity contribution in [1.82, 2.24) is 4.57 Å². The predicted molar refractivity (Wildman–Crippen MR) is 66.6 cm³/mol. The molecule has 0 saturated carbocycles. The number of ether oxygens (including phenoxy) is 1. The summed E-state index contributed by atoms with van der Waals surface area (Å²) in [7, 11) is 1.39. The first-order chi connectivity index (χ1) is 8.13. The van der Waals surface area contributed by atoms with Gasteiger partial charge >= 0.3 is 5.97 Å². The molecule has 0 saturated heterocycles. The van der Waals surface area contributed by atoms with Crippen molar-refractivity contribution in [3.63, 3.8) is 0 Å². The molecule has 0 radical (unpaired) electrons. The van der Waals surface area contributed by atoms with E-state index in [1.807, 2.05) is 29.0 Å². The van der Waals surface area contributed by atoms with Crippen LogP contribution in [0.1, 0.15) is 21.6 Å². The number of carbonyl (C=O) groups is 1. The first kappa shape index (κ1) is 11.5. The third-order valence-corrected chi connectivity index (χ3v) is 2.91. The highest BCUT2D eigenvalue weighted by Gasteiger charge is 2.12. The molecule has 0 atom stereocenters. The maximum Gasteiger partial charge on any atom is 0.355 e. The molecule has 0 fully saturated rings. The van der Waals surface area contributed by atoms with Gasteiger partial charge in [0.1, 0.15) is 5.69 Å². The number of methoxy groups -OCH3 is 1. The SMILES string of the molecule is COC(=O)c1cccn1-c1ccc(C)c(C)c1. The van der Waals surface area contributed by atoms with E-state index in [-0.39, 0.29) is 5.97 Å². The second-order valence-corrected chi connectivity index (χ2v) is 4.02. The fourth-order valence-corrected chi connectivity index (χ4v) is 1.75. The zero-order chi connectivity index (χ0) is 12.4. The maximum absolute atomic E-state index is 11.6. The van der Waals surface area contributed by atoms with Gasteiger partial charge in [0.15, 0.2) is 0 Å². The van der Waals surface area contributed by atoms with Crippen LogP contribution in [0.5, 0.6) is 0 Å². The first-order valence-corrected chi connectivity index (χ1v) is 5.47. The molecule has 1 heterocycles. The summed E-state index contributed by atoms with van der Waals surface area (Å²) in [6.07, 6.45) is 1.86. The van der Waals surface area contributed by atoms with Gasteiger partial charge in [-0.25, -0.2) is 4.79 Å². The zero-order valence-electron chi connectivity index (χ0n) is 10.2. The second kappa shape index (κ2) is 4.45. The summed E-state index contributed by atoms with van der Waals surface area (Å²) in [6, 6.07) is 9.69. The largest absolute Gasteiger partial charge is 0.464 e. The molecule has 1 aromatic heterocycles. The fraction of sp³-hybridized carbons (Fsp3) is 0.214. The third-order valence-electron chi connectivity index (χ3n) is 2.91. The van der Waals surface area contributed by atoms with Crippen LogP contribution >= 0.6 is 0 Å². The quantitative estimate of drug-likeness (QED) is 0.741. The van der Waals surface area contributed by atoms with Crippen LogP contribution in [0.3, 0.4) is 0 Å². The average Bonchev–Trinajstić information content (AvgIpc) is 2.80. The molecule has 0 unspecified atom stereocenters. The van der Waals surface area contributed by atoms with Crippen LogP contribution in [0, 0.1) is 13.8 Å². The Morgan fingerprint density at radius 2 is 1.94 bits per heavy atom. The Labute approximate surface area is 101 Å². The van der Waals surface area contributed by atoms with E-state index < -0.39 is 0 Å². The number of hydrogen-bond donors (Lipinski definition) is 0. The highest BCUT2D eigenvalue weighted by molar-refractivity contribution is 5.88. The number of rotatable bonds is 2. The molecule has 0 aliphatic carbocycles. The predicted octanol–water partition coefficient (Wildman–Crippen LogP) is 2.88. The summed E-state index contributed by atoms with van der Waals surface area (Å²) < 4.78 is 6.58. The van der Waals surface area contributed by atoms with Gasteiger partial charge in [-0.1, -0.05) is 6.07 Å². The Morgan fingerprint density at radius 1 is 1.18 bits per heavy atom. The minimum Gasteiger partial charge on any atom is -0.464 e. The van der Waals surface area contributed by atoms with Gasteiger partial charge < -0.3 is 9.30 Å². The van der Waals surface area contributed by atoms with Crippen molar-refractivity contribution in [2.45, 2.75) is 13.8 Å². The van der Waals surface area contributed by atoms with Crippen molar-refractivity contribution < 1.29 is 9.53 Å². The van der Waals surface area contributed by atoms with Gasteiger partial charge in [-0.3, -0.25) is 0 Å². The van der Waals surface area contributed by atoms with Gasteiger partial charge in [0, 0.05) is 11.9 Å². The normalized spacial score (nSPS) is 10.3. The minimum absolute atomic E-state index is 0.326. The first-order valence-electron chi connectivity index (χ1n) is 5.47. The van der Waals surface area contributed by atoms with Crippen LogP contribution in [-0.4, -0.2) is 17.6 Å². The van der Waals surface area contributed by atoms with Crippen LogP contribution in [0.2, 0.25) is 0 Å². The smallest absolute Gasteiger partial charge is 0.355 e. The van der Waals surface area contributed by atoms with Crippen LogP contribution in [0.15, 0.2) is 36.5 Å². The van der Waals surface area contributed by atoms with E-state index in [0.717, 1.165) is 5.69 Å². The molecule has 3 nitrogen and oxygen atoms in total. The average molecular weight is 229 g/mol. The van der Waals surface area contributed by atoms with E-state index >= 15 is 0 Å². The Balaban J connectivity index is 2.50.